The summed E-state index contributed by atoms with van der Waals surface area (Å²) >= 11 is 1.62. The highest BCUT2D eigenvalue weighted by molar-refractivity contribution is 8.00. The van der Waals surface area contributed by atoms with Crippen molar-refractivity contribution >= 4 is 35.0 Å². The fourth-order valence-electron chi connectivity index (χ4n) is 3.29. The number of rotatable bonds is 4. The van der Waals surface area contributed by atoms with Crippen molar-refractivity contribution in [1.82, 2.24) is 0 Å². The van der Waals surface area contributed by atoms with Crippen molar-refractivity contribution in [2.24, 2.45) is 0 Å². The van der Waals surface area contributed by atoms with Crippen LogP contribution in [0.3, 0.4) is 0 Å². The molecule has 3 aromatic carbocycles. The Morgan fingerprint density at radius 2 is 1.64 bits per heavy atom. The smallest absolute Gasteiger partial charge is 0.255 e. The maximum absolute atomic E-state index is 12.5. The first-order chi connectivity index (χ1) is 13.6. The molecule has 1 N–H and O–H groups in total. The molecule has 1 fully saturated rings. The summed E-state index contributed by atoms with van der Waals surface area (Å²) in [5.41, 5.74) is 4.42. The standard InChI is InChI=1S/C23H20N2O2S/c1-16-7-5-6-10-20(16)25-21(26)15-28-23(25)18-11-13-19(14-12-18)24-22(27)17-8-3-2-4-9-17/h2-14,23H,15H2,1H3,(H,24,27)/t23-/m1/s1. The number of nitrogens with zero attached hydrogens (tertiary/aromatic N) is 1. The highest BCUT2D eigenvalue weighted by Crippen LogP contribution is 2.42. The normalized spacial score (nSPS) is 16.2. The molecule has 0 spiro atoms. The Bertz CT molecular complexity index is 1000. The Morgan fingerprint density at radius 3 is 2.36 bits per heavy atom. The third-order valence-corrected chi connectivity index (χ3v) is 5.94. The van der Waals surface area contributed by atoms with Crippen LogP contribution in [0.25, 0.3) is 0 Å². The van der Waals surface area contributed by atoms with E-state index in [2.05, 4.69) is 5.32 Å². The van der Waals surface area contributed by atoms with Crippen LogP contribution in [-0.2, 0) is 4.79 Å². The number of hydrogen-bond acceptors (Lipinski definition) is 3. The lowest BCUT2D eigenvalue weighted by molar-refractivity contribution is -0.115. The molecular weight excluding hydrogens is 368 g/mol. The second kappa shape index (κ2) is 7.90. The van der Waals surface area contributed by atoms with Crippen LogP contribution in [0.15, 0.2) is 78.9 Å². The number of anilines is 2. The molecule has 0 radical (unpaired) electrons. The van der Waals surface area contributed by atoms with E-state index in [0.717, 1.165) is 22.5 Å². The minimum atomic E-state index is -0.139. The highest BCUT2D eigenvalue weighted by atomic mass is 32.2. The summed E-state index contributed by atoms with van der Waals surface area (Å²) in [5.74, 6) is 0.442. The largest absolute Gasteiger partial charge is 0.322 e. The Balaban J connectivity index is 1.54. The minimum absolute atomic E-state index is 0.0625. The lowest BCUT2D eigenvalue weighted by Gasteiger charge is -2.26. The number of benzene rings is 3. The van der Waals surface area contributed by atoms with Crippen LogP contribution < -0.4 is 10.2 Å². The molecule has 0 bridgehead atoms. The molecular formula is C23H20N2O2S. The monoisotopic (exact) mass is 388 g/mol. The van der Waals surface area contributed by atoms with Gasteiger partial charge in [0, 0.05) is 16.9 Å². The number of aryl methyl sites for hydroxylation is 1. The Hall–Kier alpha value is -3.05. The van der Waals surface area contributed by atoms with E-state index in [9.17, 15) is 9.59 Å². The summed E-state index contributed by atoms with van der Waals surface area (Å²) in [5, 5.41) is 2.85. The summed E-state index contributed by atoms with van der Waals surface area (Å²) in [6.45, 7) is 2.02. The molecule has 1 saturated heterocycles. The molecule has 0 aromatic heterocycles. The van der Waals surface area contributed by atoms with Crippen LogP contribution in [-0.4, -0.2) is 17.6 Å². The van der Waals surface area contributed by atoms with Gasteiger partial charge in [0.15, 0.2) is 0 Å². The van der Waals surface area contributed by atoms with Gasteiger partial charge in [-0.25, -0.2) is 0 Å². The zero-order chi connectivity index (χ0) is 19.5. The molecule has 1 atom stereocenters. The molecule has 1 aliphatic heterocycles. The van der Waals surface area contributed by atoms with Crippen molar-refractivity contribution < 1.29 is 9.59 Å². The third kappa shape index (κ3) is 3.66. The van der Waals surface area contributed by atoms with Gasteiger partial charge in [-0.2, -0.15) is 0 Å². The van der Waals surface area contributed by atoms with Gasteiger partial charge in [0.1, 0.15) is 5.37 Å². The summed E-state index contributed by atoms with van der Waals surface area (Å²) in [4.78, 5) is 26.7. The quantitative estimate of drug-likeness (QED) is 0.682. The van der Waals surface area contributed by atoms with Crippen LogP contribution in [0.1, 0.15) is 26.9 Å². The number of hydrogen-bond donors (Lipinski definition) is 1. The van der Waals surface area contributed by atoms with E-state index in [4.69, 9.17) is 0 Å². The van der Waals surface area contributed by atoms with Crippen molar-refractivity contribution in [3.63, 3.8) is 0 Å². The van der Waals surface area contributed by atoms with Gasteiger partial charge < -0.3 is 5.32 Å². The maximum Gasteiger partial charge on any atom is 0.255 e. The van der Waals surface area contributed by atoms with Crippen molar-refractivity contribution in [3.8, 4) is 0 Å². The summed E-state index contributed by atoms with van der Waals surface area (Å²) in [7, 11) is 0. The topological polar surface area (TPSA) is 49.4 Å². The van der Waals surface area contributed by atoms with Gasteiger partial charge in [0.25, 0.3) is 5.91 Å². The number of thioether (sulfide) groups is 1. The second-order valence-electron chi connectivity index (χ2n) is 6.66. The maximum atomic E-state index is 12.5. The molecule has 0 aliphatic carbocycles. The molecule has 0 unspecified atom stereocenters. The Labute approximate surface area is 168 Å². The fourth-order valence-corrected chi connectivity index (χ4v) is 4.46. The van der Waals surface area contributed by atoms with E-state index in [0.29, 0.717) is 11.3 Å². The number of carbonyl (C=O) groups is 2. The minimum Gasteiger partial charge on any atom is -0.322 e. The zero-order valence-electron chi connectivity index (χ0n) is 15.5. The predicted molar refractivity (Wildman–Crippen MR) is 115 cm³/mol. The van der Waals surface area contributed by atoms with Gasteiger partial charge in [-0.3, -0.25) is 14.5 Å². The average molecular weight is 388 g/mol. The molecule has 0 saturated carbocycles. The zero-order valence-corrected chi connectivity index (χ0v) is 16.3. The van der Waals surface area contributed by atoms with Crippen LogP contribution in [0.5, 0.6) is 0 Å². The lowest BCUT2D eigenvalue weighted by atomic mass is 10.1. The first kappa shape index (κ1) is 18.3. The molecule has 1 aliphatic rings. The van der Waals surface area contributed by atoms with E-state index in [1.54, 1.807) is 23.9 Å². The lowest BCUT2D eigenvalue weighted by Crippen LogP contribution is -2.28. The van der Waals surface area contributed by atoms with Crippen molar-refractivity contribution in [2.75, 3.05) is 16.0 Å². The molecule has 2 amide bonds. The molecule has 5 heteroatoms. The van der Waals surface area contributed by atoms with E-state index in [1.807, 2.05) is 78.6 Å². The summed E-state index contributed by atoms with van der Waals surface area (Å²) in [6.07, 6.45) is 0. The number of para-hydroxylation sites is 1. The molecule has 1 heterocycles. The van der Waals surface area contributed by atoms with Crippen LogP contribution >= 0.6 is 11.8 Å². The Morgan fingerprint density at radius 1 is 0.964 bits per heavy atom. The van der Waals surface area contributed by atoms with Gasteiger partial charge in [0.05, 0.1) is 5.75 Å². The highest BCUT2D eigenvalue weighted by Gasteiger charge is 2.34. The fraction of sp³-hybridized carbons (Fsp3) is 0.130. The van der Waals surface area contributed by atoms with Gasteiger partial charge in [0.2, 0.25) is 5.91 Å². The van der Waals surface area contributed by atoms with Crippen molar-refractivity contribution in [2.45, 2.75) is 12.3 Å². The predicted octanol–water partition coefficient (Wildman–Crippen LogP) is 5.03. The van der Waals surface area contributed by atoms with E-state index >= 15 is 0 Å². The average Bonchev–Trinajstić information content (AvgIpc) is 3.11. The van der Waals surface area contributed by atoms with Gasteiger partial charge >= 0.3 is 0 Å². The van der Waals surface area contributed by atoms with Gasteiger partial charge in [-0.05, 0) is 48.4 Å². The summed E-state index contributed by atoms with van der Waals surface area (Å²) in [6, 6.07) is 24.8. The van der Waals surface area contributed by atoms with E-state index in [-0.39, 0.29) is 17.2 Å². The van der Waals surface area contributed by atoms with E-state index in [1.165, 1.54) is 0 Å². The number of nitrogens with one attached hydrogen (secondary N) is 1. The second-order valence-corrected chi connectivity index (χ2v) is 7.72. The molecule has 4 rings (SSSR count). The first-order valence-corrected chi connectivity index (χ1v) is 10.1. The molecule has 28 heavy (non-hydrogen) atoms. The third-order valence-electron chi connectivity index (χ3n) is 4.73. The molecule has 4 nitrogen and oxygen atoms in total. The van der Waals surface area contributed by atoms with Crippen molar-refractivity contribution in [3.05, 3.63) is 95.6 Å². The van der Waals surface area contributed by atoms with Gasteiger partial charge in [-0.15, -0.1) is 11.8 Å². The SMILES string of the molecule is Cc1ccccc1N1C(=O)CS[C@@H]1c1ccc(NC(=O)c2ccccc2)cc1. The van der Waals surface area contributed by atoms with Gasteiger partial charge in [-0.1, -0.05) is 48.5 Å². The Kier molecular flexibility index (Phi) is 5.17. The molecule has 3 aromatic rings. The van der Waals surface area contributed by atoms with Crippen molar-refractivity contribution in [1.29, 1.82) is 0 Å². The first-order valence-electron chi connectivity index (χ1n) is 9.09. The van der Waals surface area contributed by atoms with Crippen LogP contribution in [0.4, 0.5) is 11.4 Å². The molecule has 140 valence electrons. The van der Waals surface area contributed by atoms with E-state index < -0.39 is 0 Å². The van der Waals surface area contributed by atoms with Crippen LogP contribution in [0, 0.1) is 6.92 Å². The summed E-state index contributed by atoms with van der Waals surface area (Å²) < 4.78 is 0. The number of amides is 2. The number of carbonyl (C=O) groups excluding carboxylic acids is 2. The van der Waals surface area contributed by atoms with Crippen LogP contribution in [0.2, 0.25) is 0 Å².